The molecule has 0 fully saturated rings. The normalized spacial score (nSPS) is 11.5. The van der Waals surface area contributed by atoms with Crippen LogP contribution in [0.2, 0.25) is 0 Å². The van der Waals surface area contributed by atoms with Crippen LogP contribution >= 0.6 is 15.9 Å². The molecule has 4 nitrogen and oxygen atoms in total. The van der Waals surface area contributed by atoms with Crippen molar-refractivity contribution in [2.24, 2.45) is 0 Å². The van der Waals surface area contributed by atoms with E-state index in [-0.39, 0.29) is 10.6 Å². The second kappa shape index (κ2) is 6.60. The van der Waals surface area contributed by atoms with Crippen molar-refractivity contribution < 1.29 is 8.42 Å². The first-order valence-electron chi connectivity index (χ1n) is 6.49. The van der Waals surface area contributed by atoms with Crippen molar-refractivity contribution in [1.82, 2.24) is 4.72 Å². The molecular weight excluding hydrogens is 352 g/mol. The zero-order valence-corrected chi connectivity index (χ0v) is 14.0. The molecule has 0 radical (unpaired) electrons. The average Bonchev–Trinajstić information content (AvgIpc) is 2.43. The second-order valence-electron chi connectivity index (χ2n) is 4.76. The molecule has 112 valence electrons. The lowest BCUT2D eigenvalue weighted by Gasteiger charge is -2.10. The van der Waals surface area contributed by atoms with E-state index in [1.807, 2.05) is 31.2 Å². The number of nitrogens with one attached hydrogen (secondary N) is 1. The van der Waals surface area contributed by atoms with E-state index < -0.39 is 10.0 Å². The lowest BCUT2D eigenvalue weighted by molar-refractivity contribution is 0.582. The highest BCUT2D eigenvalue weighted by atomic mass is 79.9. The third kappa shape index (κ3) is 4.06. The zero-order valence-electron chi connectivity index (χ0n) is 11.6. The number of sulfonamides is 1. The zero-order chi connectivity index (χ0) is 15.5. The molecule has 0 aliphatic carbocycles. The van der Waals surface area contributed by atoms with Gasteiger partial charge in [-0.1, -0.05) is 40.2 Å². The van der Waals surface area contributed by atoms with Crippen LogP contribution in [0.25, 0.3) is 0 Å². The molecule has 0 aliphatic rings. The first kappa shape index (κ1) is 16.0. The van der Waals surface area contributed by atoms with Crippen LogP contribution in [0.1, 0.15) is 11.1 Å². The van der Waals surface area contributed by atoms with E-state index >= 15 is 0 Å². The van der Waals surface area contributed by atoms with Crippen molar-refractivity contribution >= 4 is 31.6 Å². The van der Waals surface area contributed by atoms with E-state index in [1.54, 1.807) is 12.1 Å². The second-order valence-corrected chi connectivity index (χ2v) is 7.41. The van der Waals surface area contributed by atoms with Gasteiger partial charge in [0, 0.05) is 11.0 Å². The molecule has 0 saturated heterocycles. The molecule has 2 aromatic rings. The van der Waals surface area contributed by atoms with Crippen LogP contribution in [-0.4, -0.2) is 15.0 Å². The summed E-state index contributed by atoms with van der Waals surface area (Å²) in [7, 11) is -3.60. The fraction of sp³-hybridized carbons (Fsp3) is 0.200. The van der Waals surface area contributed by atoms with Gasteiger partial charge in [0.25, 0.3) is 0 Å². The van der Waals surface area contributed by atoms with Gasteiger partial charge in [-0.2, -0.15) is 0 Å². The van der Waals surface area contributed by atoms with Crippen LogP contribution in [0.4, 0.5) is 5.69 Å². The molecule has 0 saturated carbocycles. The van der Waals surface area contributed by atoms with Gasteiger partial charge in [-0.3, -0.25) is 0 Å². The van der Waals surface area contributed by atoms with Crippen LogP contribution in [-0.2, 0) is 16.4 Å². The number of nitrogens with two attached hydrogens (primary N) is 1. The fourth-order valence-electron chi connectivity index (χ4n) is 2.03. The molecule has 0 atom stereocenters. The number of halogens is 1. The van der Waals surface area contributed by atoms with E-state index in [1.165, 1.54) is 6.07 Å². The van der Waals surface area contributed by atoms with Crippen LogP contribution in [0.5, 0.6) is 0 Å². The van der Waals surface area contributed by atoms with Crippen molar-refractivity contribution in [3.8, 4) is 0 Å². The lowest BCUT2D eigenvalue weighted by Crippen LogP contribution is -2.26. The summed E-state index contributed by atoms with van der Waals surface area (Å²) in [6, 6.07) is 12.7. The van der Waals surface area contributed by atoms with E-state index in [0.29, 0.717) is 17.4 Å². The Bertz CT molecular complexity index is 745. The summed E-state index contributed by atoms with van der Waals surface area (Å²) in [6.07, 6.45) is 0.639. The molecule has 0 aliphatic heterocycles. The van der Waals surface area contributed by atoms with E-state index in [0.717, 1.165) is 11.1 Å². The highest BCUT2D eigenvalue weighted by molar-refractivity contribution is 9.10. The average molecular weight is 369 g/mol. The summed E-state index contributed by atoms with van der Waals surface area (Å²) in [5.74, 6) is 0. The third-order valence-corrected chi connectivity index (χ3v) is 5.22. The van der Waals surface area contributed by atoms with Crippen LogP contribution in [0.15, 0.2) is 51.8 Å². The molecule has 6 heteroatoms. The van der Waals surface area contributed by atoms with Gasteiger partial charge in [0.2, 0.25) is 10.0 Å². The molecule has 21 heavy (non-hydrogen) atoms. The quantitative estimate of drug-likeness (QED) is 0.796. The molecule has 0 spiro atoms. The van der Waals surface area contributed by atoms with Gasteiger partial charge in [-0.15, -0.1) is 0 Å². The number of hydrogen-bond donors (Lipinski definition) is 2. The maximum Gasteiger partial charge on any atom is 0.242 e. The Labute approximate surface area is 133 Å². The smallest absolute Gasteiger partial charge is 0.242 e. The SMILES string of the molecule is Cc1ccccc1CCNS(=O)(=O)c1cc(Br)ccc1N. The Balaban J connectivity index is 2.08. The van der Waals surface area contributed by atoms with Crippen molar-refractivity contribution in [3.05, 3.63) is 58.1 Å². The maximum atomic E-state index is 12.3. The fourth-order valence-corrected chi connectivity index (χ4v) is 3.73. The van der Waals surface area contributed by atoms with Gasteiger partial charge in [-0.05, 0) is 42.7 Å². The van der Waals surface area contributed by atoms with Gasteiger partial charge in [-0.25, -0.2) is 13.1 Å². The number of rotatable bonds is 5. The Kier molecular flexibility index (Phi) is 5.03. The van der Waals surface area contributed by atoms with Gasteiger partial charge >= 0.3 is 0 Å². The summed E-state index contributed by atoms with van der Waals surface area (Å²) in [5.41, 5.74) is 8.26. The first-order valence-corrected chi connectivity index (χ1v) is 8.77. The molecule has 0 aromatic heterocycles. The highest BCUT2D eigenvalue weighted by Crippen LogP contribution is 2.22. The van der Waals surface area contributed by atoms with Crippen LogP contribution in [0.3, 0.4) is 0 Å². The summed E-state index contributed by atoms with van der Waals surface area (Å²) in [6.45, 7) is 2.34. The Morgan fingerprint density at radius 1 is 1.19 bits per heavy atom. The van der Waals surface area contributed by atoms with Gasteiger partial charge in [0.05, 0.1) is 5.69 Å². The molecule has 3 N–H and O–H groups in total. The Morgan fingerprint density at radius 2 is 1.90 bits per heavy atom. The predicted octanol–water partition coefficient (Wildman–Crippen LogP) is 2.86. The van der Waals surface area contributed by atoms with Crippen molar-refractivity contribution in [1.29, 1.82) is 0 Å². The minimum Gasteiger partial charge on any atom is -0.398 e. The Hall–Kier alpha value is -1.37. The number of anilines is 1. The summed E-state index contributed by atoms with van der Waals surface area (Å²) >= 11 is 3.26. The molecule has 2 aromatic carbocycles. The first-order chi connectivity index (χ1) is 9.90. The Morgan fingerprint density at radius 3 is 2.62 bits per heavy atom. The monoisotopic (exact) mass is 368 g/mol. The van der Waals surface area contributed by atoms with Crippen molar-refractivity contribution in [2.75, 3.05) is 12.3 Å². The largest absolute Gasteiger partial charge is 0.398 e. The predicted molar refractivity (Wildman–Crippen MR) is 88.6 cm³/mol. The van der Waals surface area contributed by atoms with E-state index in [9.17, 15) is 8.42 Å². The molecule has 2 rings (SSSR count). The number of benzene rings is 2. The van der Waals surface area contributed by atoms with Crippen LogP contribution < -0.4 is 10.5 Å². The van der Waals surface area contributed by atoms with Crippen molar-refractivity contribution in [3.63, 3.8) is 0 Å². The summed E-state index contributed by atoms with van der Waals surface area (Å²) in [5, 5.41) is 0. The van der Waals surface area contributed by atoms with Gasteiger partial charge < -0.3 is 5.73 Å². The standard InChI is InChI=1S/C15H17BrN2O2S/c1-11-4-2-3-5-12(11)8-9-18-21(19,20)15-10-13(16)6-7-14(15)17/h2-7,10,18H,8-9,17H2,1H3. The summed E-state index contributed by atoms with van der Waals surface area (Å²) < 4.78 is 27.8. The minimum absolute atomic E-state index is 0.0988. The topological polar surface area (TPSA) is 72.2 Å². The number of hydrogen-bond acceptors (Lipinski definition) is 3. The highest BCUT2D eigenvalue weighted by Gasteiger charge is 2.17. The van der Waals surface area contributed by atoms with E-state index in [4.69, 9.17) is 5.73 Å². The van der Waals surface area contributed by atoms with E-state index in [2.05, 4.69) is 20.7 Å². The molecular formula is C15H17BrN2O2S. The van der Waals surface area contributed by atoms with Crippen LogP contribution in [0, 0.1) is 6.92 Å². The third-order valence-electron chi connectivity index (χ3n) is 3.21. The minimum atomic E-state index is -3.60. The maximum absolute atomic E-state index is 12.3. The number of aryl methyl sites for hydroxylation is 1. The van der Waals surface area contributed by atoms with Gasteiger partial charge in [0.15, 0.2) is 0 Å². The van der Waals surface area contributed by atoms with Gasteiger partial charge in [0.1, 0.15) is 4.90 Å². The van der Waals surface area contributed by atoms with Crippen molar-refractivity contribution in [2.45, 2.75) is 18.2 Å². The lowest BCUT2D eigenvalue weighted by atomic mass is 10.1. The molecule has 0 amide bonds. The summed E-state index contributed by atoms with van der Waals surface area (Å²) in [4.78, 5) is 0.0988. The molecule has 0 unspecified atom stereocenters. The molecule has 0 heterocycles. The molecule has 0 bridgehead atoms. The number of nitrogen functional groups attached to an aromatic ring is 1.